The first-order valence-electron chi connectivity index (χ1n) is 7.76. The van der Waals surface area contributed by atoms with Gasteiger partial charge in [-0.25, -0.2) is 0 Å². The Labute approximate surface area is 118 Å². The Kier molecular flexibility index (Phi) is 1.84. The lowest BCUT2D eigenvalue weighted by Gasteiger charge is -2.28. The molecule has 1 aliphatic heterocycles. The first-order chi connectivity index (χ1) is 9.59. The molecule has 0 aromatic carbocycles. The van der Waals surface area contributed by atoms with Crippen LogP contribution in [0.15, 0.2) is 22.3 Å². The van der Waals surface area contributed by atoms with E-state index >= 15 is 0 Å². The molecule has 20 heavy (non-hydrogen) atoms. The summed E-state index contributed by atoms with van der Waals surface area (Å²) in [6, 6.07) is 0. The fourth-order valence-electron chi connectivity index (χ4n) is 6.02. The van der Waals surface area contributed by atoms with E-state index in [9.17, 15) is 9.59 Å². The van der Waals surface area contributed by atoms with Crippen LogP contribution in [0.2, 0.25) is 0 Å². The molecule has 3 fully saturated rings. The van der Waals surface area contributed by atoms with E-state index in [0.29, 0.717) is 11.8 Å². The highest BCUT2D eigenvalue weighted by Crippen LogP contribution is 2.70. The van der Waals surface area contributed by atoms with Gasteiger partial charge in [0, 0.05) is 11.8 Å². The topological polar surface area (TPSA) is 43.4 Å². The molecule has 0 amide bonds. The molecule has 3 nitrogen and oxygen atoms in total. The van der Waals surface area contributed by atoms with Gasteiger partial charge in [0.2, 0.25) is 0 Å². The lowest BCUT2D eigenvalue weighted by molar-refractivity contribution is -0.154. The fourth-order valence-corrected chi connectivity index (χ4v) is 6.02. The first kappa shape index (κ1) is 11.3. The predicted molar refractivity (Wildman–Crippen MR) is 71.3 cm³/mol. The average molecular weight is 270 g/mol. The van der Waals surface area contributed by atoms with Gasteiger partial charge >= 0.3 is 11.9 Å². The summed E-state index contributed by atoms with van der Waals surface area (Å²) in [5, 5.41) is 0. The Balaban J connectivity index is 1.76. The van der Waals surface area contributed by atoms with Crippen molar-refractivity contribution in [1.82, 2.24) is 0 Å². The third kappa shape index (κ3) is 1.00. The van der Waals surface area contributed by atoms with Crippen LogP contribution >= 0.6 is 0 Å². The van der Waals surface area contributed by atoms with Crippen molar-refractivity contribution in [3.8, 4) is 0 Å². The predicted octanol–water partition coefficient (Wildman–Crippen LogP) is 2.62. The number of fused-ring (bicyclic) bond motifs is 11. The zero-order valence-corrected chi connectivity index (χ0v) is 11.8. The SMILES string of the molecule is CC(C)=C1[C@H]2C3=C([C@H]4CC[C@H]3C4)[C@H]1[C@@H]1C(=O)OC(=O)[C@H]21. The van der Waals surface area contributed by atoms with Crippen molar-refractivity contribution in [1.29, 1.82) is 0 Å². The zero-order chi connectivity index (χ0) is 13.8. The number of rotatable bonds is 0. The normalized spacial score (nSPS) is 47.2. The lowest BCUT2D eigenvalue weighted by atomic mass is 9.72. The smallest absolute Gasteiger partial charge is 0.318 e. The van der Waals surface area contributed by atoms with Crippen LogP contribution in [0, 0.1) is 35.5 Å². The van der Waals surface area contributed by atoms with Gasteiger partial charge in [0.1, 0.15) is 0 Å². The van der Waals surface area contributed by atoms with Gasteiger partial charge in [-0.3, -0.25) is 9.59 Å². The fraction of sp³-hybridized carbons (Fsp3) is 0.647. The van der Waals surface area contributed by atoms with Crippen LogP contribution < -0.4 is 0 Å². The minimum Gasteiger partial charge on any atom is -0.393 e. The highest BCUT2D eigenvalue weighted by atomic mass is 16.6. The van der Waals surface area contributed by atoms with Crippen LogP contribution in [0.4, 0.5) is 0 Å². The third-order valence-corrected chi connectivity index (χ3v) is 6.41. The quantitative estimate of drug-likeness (QED) is 0.294. The molecular weight excluding hydrogens is 252 g/mol. The van der Waals surface area contributed by atoms with Gasteiger partial charge in [-0.15, -0.1) is 0 Å². The standard InChI is InChI=1S/C17H18O3/c1-6(2)9-12-10-7-3-4-8(5-7)11(10)13(9)15-14(12)16(18)20-17(15)19/h7-8,12-15H,3-5H2,1-2H3/t7-,8-,12-,13-,14-,15+/m0/s1. The van der Waals surface area contributed by atoms with Crippen LogP contribution in [0.5, 0.6) is 0 Å². The summed E-state index contributed by atoms with van der Waals surface area (Å²) in [6.45, 7) is 4.27. The Bertz CT molecular complexity index is 589. The summed E-state index contributed by atoms with van der Waals surface area (Å²) in [6.07, 6.45) is 3.84. The molecule has 4 aliphatic carbocycles. The molecule has 0 radical (unpaired) electrons. The Hall–Kier alpha value is -1.38. The monoisotopic (exact) mass is 270 g/mol. The number of hydrogen-bond acceptors (Lipinski definition) is 3. The van der Waals surface area contributed by atoms with Gasteiger partial charge in [0.05, 0.1) is 11.8 Å². The van der Waals surface area contributed by atoms with Crippen LogP contribution in [-0.2, 0) is 14.3 Å². The second-order valence-corrected chi connectivity index (χ2v) is 7.32. The summed E-state index contributed by atoms with van der Waals surface area (Å²) in [4.78, 5) is 24.3. The molecule has 0 aromatic heterocycles. The molecule has 5 rings (SSSR count). The molecule has 6 atom stereocenters. The first-order valence-corrected chi connectivity index (χ1v) is 7.76. The lowest BCUT2D eigenvalue weighted by Crippen LogP contribution is -2.29. The largest absolute Gasteiger partial charge is 0.393 e. The summed E-state index contributed by atoms with van der Waals surface area (Å²) in [5.74, 6) is 0.859. The van der Waals surface area contributed by atoms with E-state index in [1.165, 1.54) is 30.4 Å². The van der Waals surface area contributed by atoms with E-state index in [2.05, 4.69) is 13.8 Å². The number of hydrogen-bond donors (Lipinski definition) is 0. The van der Waals surface area contributed by atoms with Gasteiger partial charge in [0.25, 0.3) is 0 Å². The summed E-state index contributed by atoms with van der Waals surface area (Å²) in [7, 11) is 0. The molecular formula is C17H18O3. The van der Waals surface area contributed by atoms with E-state index in [4.69, 9.17) is 4.74 Å². The molecule has 3 heteroatoms. The van der Waals surface area contributed by atoms with Gasteiger partial charge in [0.15, 0.2) is 0 Å². The number of cyclic esters (lactones) is 2. The Morgan fingerprint density at radius 1 is 0.950 bits per heavy atom. The second-order valence-electron chi connectivity index (χ2n) is 7.32. The molecule has 1 heterocycles. The van der Waals surface area contributed by atoms with E-state index in [1.54, 1.807) is 11.1 Å². The second kappa shape index (κ2) is 3.26. The average Bonchev–Trinajstić information content (AvgIpc) is 3.13. The van der Waals surface area contributed by atoms with Gasteiger partial charge in [-0.05, 0) is 44.9 Å². The van der Waals surface area contributed by atoms with Crippen LogP contribution in [0.25, 0.3) is 0 Å². The van der Waals surface area contributed by atoms with Crippen molar-refractivity contribution in [3.05, 3.63) is 22.3 Å². The number of carbonyl (C=O) groups excluding carboxylic acids is 2. The van der Waals surface area contributed by atoms with Crippen molar-refractivity contribution < 1.29 is 14.3 Å². The van der Waals surface area contributed by atoms with Crippen LogP contribution in [0.3, 0.4) is 0 Å². The molecule has 4 bridgehead atoms. The Morgan fingerprint density at radius 3 is 1.90 bits per heavy atom. The van der Waals surface area contributed by atoms with E-state index in [1.807, 2.05) is 0 Å². The van der Waals surface area contributed by atoms with Gasteiger partial charge in [-0.2, -0.15) is 0 Å². The van der Waals surface area contributed by atoms with Crippen molar-refractivity contribution in [2.24, 2.45) is 35.5 Å². The number of esters is 2. The number of carbonyl (C=O) groups is 2. The summed E-state index contributed by atoms with van der Waals surface area (Å²) in [5.41, 5.74) is 5.81. The maximum absolute atomic E-state index is 12.1. The number of allylic oxidation sites excluding steroid dienone is 4. The van der Waals surface area contributed by atoms with E-state index < -0.39 is 0 Å². The van der Waals surface area contributed by atoms with E-state index in [-0.39, 0.29) is 35.6 Å². The van der Waals surface area contributed by atoms with Crippen molar-refractivity contribution >= 4 is 11.9 Å². The zero-order valence-electron chi connectivity index (χ0n) is 11.8. The van der Waals surface area contributed by atoms with Crippen LogP contribution in [0.1, 0.15) is 33.1 Å². The summed E-state index contributed by atoms with van der Waals surface area (Å²) < 4.78 is 4.97. The molecule has 104 valence electrons. The molecule has 2 saturated carbocycles. The summed E-state index contributed by atoms with van der Waals surface area (Å²) >= 11 is 0. The van der Waals surface area contributed by atoms with Crippen LogP contribution in [-0.4, -0.2) is 11.9 Å². The van der Waals surface area contributed by atoms with Crippen molar-refractivity contribution in [3.63, 3.8) is 0 Å². The minimum absolute atomic E-state index is 0.199. The number of ether oxygens (including phenoxy) is 1. The highest BCUT2D eigenvalue weighted by molar-refractivity contribution is 6.00. The molecule has 0 spiro atoms. The van der Waals surface area contributed by atoms with Gasteiger partial charge in [-0.1, -0.05) is 22.3 Å². The van der Waals surface area contributed by atoms with Crippen molar-refractivity contribution in [2.75, 3.05) is 0 Å². The maximum Gasteiger partial charge on any atom is 0.318 e. The Morgan fingerprint density at radius 2 is 1.45 bits per heavy atom. The minimum atomic E-state index is -0.263. The molecule has 0 unspecified atom stereocenters. The highest BCUT2D eigenvalue weighted by Gasteiger charge is 2.68. The van der Waals surface area contributed by atoms with Crippen molar-refractivity contribution in [2.45, 2.75) is 33.1 Å². The molecule has 0 aromatic rings. The third-order valence-electron chi connectivity index (χ3n) is 6.41. The maximum atomic E-state index is 12.1. The molecule has 5 aliphatic rings. The van der Waals surface area contributed by atoms with E-state index in [0.717, 1.165) is 0 Å². The molecule has 1 saturated heterocycles. The van der Waals surface area contributed by atoms with Gasteiger partial charge < -0.3 is 4.74 Å². The molecule has 0 N–H and O–H groups in total.